The number of phosphoric ester groups is 1. The van der Waals surface area contributed by atoms with Gasteiger partial charge in [0.05, 0.1) is 13.2 Å². The predicted octanol–water partition coefficient (Wildman–Crippen LogP) is 12.6. The number of phosphoric acid groups is 1. The van der Waals surface area contributed by atoms with Crippen molar-refractivity contribution in [1.82, 2.24) is 4.90 Å². The Labute approximate surface area is 332 Å². The van der Waals surface area contributed by atoms with Crippen molar-refractivity contribution >= 4 is 19.8 Å². The average Bonchev–Trinajstić information content (AvgIpc) is 3.15. The Hall–Kier alpha value is -1.51. The van der Waals surface area contributed by atoms with Crippen molar-refractivity contribution in [2.24, 2.45) is 0 Å². The van der Waals surface area contributed by atoms with Gasteiger partial charge in [0.15, 0.2) is 6.10 Å². The minimum atomic E-state index is -4.38. The van der Waals surface area contributed by atoms with Gasteiger partial charge in [-0.2, -0.15) is 0 Å². The van der Waals surface area contributed by atoms with Crippen LogP contribution < -0.4 is 0 Å². The van der Waals surface area contributed by atoms with E-state index in [0.717, 1.165) is 45.1 Å². The Bertz CT molecular complexity index is 959. The van der Waals surface area contributed by atoms with E-state index in [1.54, 1.807) is 0 Å². The number of rotatable bonds is 41. The molecule has 0 aromatic rings. The zero-order chi connectivity index (χ0) is 39.8. The summed E-state index contributed by atoms with van der Waals surface area (Å²) in [5.74, 6) is -0.847. The third kappa shape index (κ3) is 38.8. The van der Waals surface area contributed by atoms with Gasteiger partial charge in [-0.15, -0.1) is 0 Å². The van der Waals surface area contributed by atoms with Crippen LogP contribution in [0.5, 0.6) is 0 Å². The molecule has 0 saturated heterocycles. The third-order valence-electron chi connectivity index (χ3n) is 9.70. The summed E-state index contributed by atoms with van der Waals surface area (Å²) >= 11 is 0. The minimum absolute atomic E-state index is 0.0135. The number of nitrogens with zero attached hydrogens (tertiary/aromatic N) is 1. The smallest absolute Gasteiger partial charge is 0.462 e. The van der Waals surface area contributed by atoms with Crippen LogP contribution in [0.2, 0.25) is 0 Å². The normalized spacial score (nSPS) is 13.6. The Morgan fingerprint density at radius 1 is 0.574 bits per heavy atom. The molecule has 0 aliphatic heterocycles. The molecule has 0 rings (SSSR count). The van der Waals surface area contributed by atoms with Crippen LogP contribution >= 0.6 is 7.82 Å². The Balaban J connectivity index is 4.40. The Kier molecular flexibility index (Phi) is 38.6. The van der Waals surface area contributed by atoms with Gasteiger partial charge in [-0.3, -0.25) is 18.6 Å². The minimum Gasteiger partial charge on any atom is -0.462 e. The molecule has 0 heterocycles. The molecule has 0 aromatic carbocycles. The van der Waals surface area contributed by atoms with Crippen LogP contribution in [0.15, 0.2) is 24.3 Å². The fourth-order valence-electron chi connectivity index (χ4n) is 5.98. The third-order valence-corrected chi connectivity index (χ3v) is 10.7. The van der Waals surface area contributed by atoms with Crippen molar-refractivity contribution in [3.05, 3.63) is 24.3 Å². The summed E-state index contributed by atoms with van der Waals surface area (Å²) in [6.07, 6.45) is 39.4. The van der Waals surface area contributed by atoms with E-state index in [1.165, 1.54) is 116 Å². The zero-order valence-corrected chi connectivity index (χ0v) is 36.3. The fraction of sp³-hybridized carbons (Fsp3) is 0.864. The van der Waals surface area contributed by atoms with Crippen LogP contribution in [0, 0.1) is 0 Å². The Morgan fingerprint density at radius 3 is 1.43 bits per heavy atom. The molecule has 0 saturated carbocycles. The highest BCUT2D eigenvalue weighted by molar-refractivity contribution is 7.47. The van der Waals surface area contributed by atoms with E-state index >= 15 is 0 Å². The molecule has 0 radical (unpaired) electrons. The molecule has 0 bridgehead atoms. The number of carbonyl (C=O) groups excluding carboxylic acids is 2. The first-order valence-electron chi connectivity index (χ1n) is 22.2. The van der Waals surface area contributed by atoms with Gasteiger partial charge in [0.2, 0.25) is 0 Å². The van der Waals surface area contributed by atoms with Gasteiger partial charge in [0.25, 0.3) is 0 Å². The van der Waals surface area contributed by atoms with Gasteiger partial charge in [-0.05, 0) is 77.8 Å². The molecule has 2 atom stereocenters. The number of ether oxygens (including phenoxy) is 2. The molecule has 10 heteroatoms. The average molecular weight is 786 g/mol. The van der Waals surface area contributed by atoms with Crippen LogP contribution in [0.4, 0.5) is 0 Å². The highest BCUT2D eigenvalue weighted by Gasteiger charge is 2.26. The molecular formula is C44H84NO8P. The van der Waals surface area contributed by atoms with Crippen LogP contribution in [0.25, 0.3) is 0 Å². The summed E-state index contributed by atoms with van der Waals surface area (Å²) in [5.41, 5.74) is 0. The van der Waals surface area contributed by atoms with Gasteiger partial charge in [0.1, 0.15) is 6.61 Å². The second-order valence-corrected chi connectivity index (χ2v) is 16.4. The second-order valence-electron chi connectivity index (χ2n) is 15.0. The molecular weight excluding hydrogens is 701 g/mol. The van der Waals surface area contributed by atoms with Crippen molar-refractivity contribution in [2.75, 3.05) is 40.0 Å². The van der Waals surface area contributed by atoms with Crippen molar-refractivity contribution in [2.45, 2.75) is 207 Å². The lowest BCUT2D eigenvalue weighted by atomic mass is 10.1. The highest BCUT2D eigenvalue weighted by atomic mass is 31.2. The van der Waals surface area contributed by atoms with Crippen molar-refractivity contribution in [1.29, 1.82) is 0 Å². The van der Waals surface area contributed by atoms with E-state index in [2.05, 4.69) is 38.2 Å². The summed E-state index contributed by atoms with van der Waals surface area (Å²) in [7, 11) is -2.50. The summed E-state index contributed by atoms with van der Waals surface area (Å²) in [4.78, 5) is 37.2. The first kappa shape index (κ1) is 52.5. The zero-order valence-electron chi connectivity index (χ0n) is 35.4. The molecule has 9 nitrogen and oxygen atoms in total. The van der Waals surface area contributed by atoms with E-state index in [-0.39, 0.29) is 26.1 Å². The van der Waals surface area contributed by atoms with Crippen LogP contribution in [-0.2, 0) is 32.7 Å². The topological polar surface area (TPSA) is 112 Å². The fourth-order valence-corrected chi connectivity index (χ4v) is 6.73. The summed E-state index contributed by atoms with van der Waals surface area (Å²) in [6, 6.07) is 0. The summed E-state index contributed by atoms with van der Waals surface area (Å²) in [6.45, 7) is 7.07. The largest absolute Gasteiger partial charge is 0.472 e. The Morgan fingerprint density at radius 2 is 0.981 bits per heavy atom. The number of unbranched alkanes of at least 4 members (excludes halogenated alkanes) is 22. The number of carbonyl (C=O) groups is 2. The summed E-state index contributed by atoms with van der Waals surface area (Å²) in [5, 5.41) is 0. The molecule has 0 aromatic heterocycles. The van der Waals surface area contributed by atoms with Crippen molar-refractivity contribution in [3.63, 3.8) is 0 Å². The van der Waals surface area contributed by atoms with Gasteiger partial charge in [0, 0.05) is 19.4 Å². The van der Waals surface area contributed by atoms with Crippen LogP contribution in [0.3, 0.4) is 0 Å². The number of esters is 2. The highest BCUT2D eigenvalue weighted by Crippen LogP contribution is 2.43. The van der Waals surface area contributed by atoms with E-state index in [4.69, 9.17) is 18.5 Å². The van der Waals surface area contributed by atoms with Crippen molar-refractivity contribution < 1.29 is 37.6 Å². The maximum absolute atomic E-state index is 12.7. The number of hydrogen-bond acceptors (Lipinski definition) is 8. The maximum Gasteiger partial charge on any atom is 0.472 e. The van der Waals surface area contributed by atoms with Gasteiger partial charge in [-0.25, -0.2) is 4.57 Å². The quantitative estimate of drug-likeness (QED) is 0.0280. The standard InChI is InChI=1S/C44H84NO8P/c1-5-8-10-12-14-16-18-20-22-24-26-28-30-32-34-36-43(46)50-40-42(41-52-54(48,49)51-39-38-45(4)7-3)53-44(47)37-35-33-31-29-27-25-23-21-19-17-15-13-11-9-6-2/h26-29,42H,5-25,30-41H2,1-4H3,(H,48,49)/b28-26-,29-27-. The molecule has 0 fully saturated rings. The van der Waals surface area contributed by atoms with Crippen LogP contribution in [-0.4, -0.2) is 67.8 Å². The lowest BCUT2D eigenvalue weighted by Crippen LogP contribution is -2.29. The van der Waals surface area contributed by atoms with Gasteiger partial charge < -0.3 is 19.3 Å². The molecule has 318 valence electrons. The van der Waals surface area contributed by atoms with E-state index < -0.39 is 32.5 Å². The lowest BCUT2D eigenvalue weighted by Gasteiger charge is -2.20. The van der Waals surface area contributed by atoms with Gasteiger partial charge >= 0.3 is 19.8 Å². The molecule has 0 spiro atoms. The van der Waals surface area contributed by atoms with E-state index in [0.29, 0.717) is 19.4 Å². The first-order valence-corrected chi connectivity index (χ1v) is 23.7. The van der Waals surface area contributed by atoms with Gasteiger partial charge in [-0.1, -0.05) is 148 Å². The maximum atomic E-state index is 12.7. The number of hydrogen-bond donors (Lipinski definition) is 1. The molecule has 0 amide bonds. The molecule has 2 unspecified atom stereocenters. The number of allylic oxidation sites excluding steroid dienone is 4. The molecule has 0 aliphatic carbocycles. The molecule has 54 heavy (non-hydrogen) atoms. The predicted molar refractivity (Wildman–Crippen MR) is 225 cm³/mol. The molecule has 0 aliphatic rings. The number of likely N-dealkylation sites (N-methyl/N-ethyl adjacent to an activating group) is 1. The first-order chi connectivity index (χ1) is 26.2. The van der Waals surface area contributed by atoms with Crippen LogP contribution in [0.1, 0.15) is 201 Å². The molecule has 1 N–H and O–H groups in total. The SMILES string of the molecule is CCCCCCCCCCC/C=C\CCCCC(=O)OCC(COP(=O)(O)OCCN(C)CC)OC(=O)CCCC/C=C\CCCCCCCCCCC. The van der Waals surface area contributed by atoms with E-state index in [1.807, 2.05) is 18.9 Å². The monoisotopic (exact) mass is 786 g/mol. The lowest BCUT2D eigenvalue weighted by molar-refractivity contribution is -0.161. The van der Waals surface area contributed by atoms with Crippen molar-refractivity contribution in [3.8, 4) is 0 Å². The summed E-state index contributed by atoms with van der Waals surface area (Å²) < 4.78 is 33.6. The second kappa shape index (κ2) is 39.7. The van der Waals surface area contributed by atoms with E-state index in [9.17, 15) is 19.0 Å².